The summed E-state index contributed by atoms with van der Waals surface area (Å²) >= 11 is 1.51. The number of aliphatic hydroxyl groups is 1. The molecule has 0 bridgehead atoms. The van der Waals surface area contributed by atoms with Crippen molar-refractivity contribution in [1.29, 1.82) is 0 Å². The lowest BCUT2D eigenvalue weighted by atomic mass is 10.1. The first-order valence-electron chi connectivity index (χ1n) is 6.37. The second-order valence-corrected chi connectivity index (χ2v) is 5.46. The molecule has 22 heavy (non-hydrogen) atoms. The first-order chi connectivity index (χ1) is 10.7. The normalized spacial score (nSPS) is 11.5. The molecule has 3 rings (SSSR count). The van der Waals surface area contributed by atoms with E-state index in [1.54, 1.807) is 17.8 Å². The lowest BCUT2D eigenvalue weighted by molar-refractivity contribution is 0.103. The van der Waals surface area contributed by atoms with Crippen LogP contribution in [-0.4, -0.2) is 36.5 Å². The van der Waals surface area contributed by atoms with Gasteiger partial charge in [-0.1, -0.05) is 0 Å². The number of H-pyrrole nitrogens is 1. The topological polar surface area (TPSA) is 105 Å². The van der Waals surface area contributed by atoms with Gasteiger partial charge in [-0.05, 0) is 29.0 Å². The zero-order valence-corrected chi connectivity index (χ0v) is 12.1. The second kappa shape index (κ2) is 6.27. The van der Waals surface area contributed by atoms with Crippen LogP contribution in [0.5, 0.6) is 0 Å². The maximum Gasteiger partial charge on any atom is 0.244 e. The van der Waals surface area contributed by atoms with Crippen molar-refractivity contribution in [2.24, 2.45) is 0 Å². The molecule has 0 saturated carbocycles. The molecule has 0 aliphatic rings. The lowest BCUT2D eigenvalue weighted by Crippen LogP contribution is -1.99. The van der Waals surface area contributed by atoms with Gasteiger partial charge in [-0.2, -0.15) is 5.21 Å². The minimum absolute atomic E-state index is 0.0845. The number of thiophene rings is 1. The van der Waals surface area contributed by atoms with E-state index in [-0.39, 0.29) is 11.6 Å². The molecule has 0 fully saturated rings. The van der Waals surface area contributed by atoms with Crippen molar-refractivity contribution in [2.75, 3.05) is 0 Å². The van der Waals surface area contributed by atoms with Crippen molar-refractivity contribution < 1.29 is 9.90 Å². The molecule has 8 heteroatoms. The minimum atomic E-state index is -0.506. The monoisotopic (exact) mass is 313 g/mol. The maximum atomic E-state index is 11.8. The average Bonchev–Trinajstić information content (AvgIpc) is 3.19. The van der Waals surface area contributed by atoms with E-state index in [1.807, 2.05) is 18.2 Å². The van der Waals surface area contributed by atoms with Crippen molar-refractivity contribution >= 4 is 22.9 Å². The van der Waals surface area contributed by atoms with Crippen LogP contribution in [0.3, 0.4) is 0 Å². The van der Waals surface area contributed by atoms with E-state index in [0.29, 0.717) is 5.56 Å². The molecule has 2 N–H and O–H groups in total. The Balaban J connectivity index is 1.74. The Morgan fingerprint density at radius 1 is 1.36 bits per heavy atom. The molecule has 0 spiro atoms. The Kier molecular flexibility index (Phi) is 4.01. The van der Waals surface area contributed by atoms with Crippen molar-refractivity contribution in [2.45, 2.75) is 6.42 Å². The summed E-state index contributed by atoms with van der Waals surface area (Å²) in [5.74, 6) is -0.709. The molecule has 0 radical (unpaired) electrons. The van der Waals surface area contributed by atoms with Crippen molar-refractivity contribution in [3.05, 3.63) is 63.9 Å². The number of aromatic amines is 1. The third-order valence-corrected chi connectivity index (χ3v) is 3.85. The molecule has 3 aromatic heterocycles. The molecule has 0 amide bonds. The zero-order chi connectivity index (χ0) is 15.4. The average molecular weight is 313 g/mol. The number of rotatable bonds is 5. The van der Waals surface area contributed by atoms with E-state index in [9.17, 15) is 9.90 Å². The van der Waals surface area contributed by atoms with Gasteiger partial charge in [0.05, 0.1) is 0 Å². The number of nitrogens with zero attached hydrogens (tertiary/aromatic N) is 4. The molecule has 0 atom stereocenters. The fourth-order valence-electron chi connectivity index (χ4n) is 1.85. The van der Waals surface area contributed by atoms with Gasteiger partial charge in [-0.3, -0.25) is 9.78 Å². The summed E-state index contributed by atoms with van der Waals surface area (Å²) < 4.78 is 0. The van der Waals surface area contributed by atoms with Crippen LogP contribution in [-0.2, 0) is 6.42 Å². The smallest absolute Gasteiger partial charge is 0.244 e. The fourth-order valence-corrected chi connectivity index (χ4v) is 2.76. The van der Waals surface area contributed by atoms with Crippen LogP contribution in [0.2, 0.25) is 0 Å². The third kappa shape index (κ3) is 3.23. The van der Waals surface area contributed by atoms with Gasteiger partial charge >= 0.3 is 0 Å². The standard InChI is InChI=1S/C14H11N5O2S/c20-12(7-13(21)14-16-18-19-17-14)10-6-11(22-8-10)5-9-1-3-15-4-2-9/h1-4,6-8,20H,5H2,(H,16,17,18,19). The summed E-state index contributed by atoms with van der Waals surface area (Å²) in [4.78, 5) is 16.8. The predicted octanol–water partition coefficient (Wildman–Crippen LogP) is 2.03. The quantitative estimate of drug-likeness (QED) is 0.424. The Bertz CT molecular complexity index is 796. The van der Waals surface area contributed by atoms with E-state index in [2.05, 4.69) is 25.6 Å². The Morgan fingerprint density at radius 2 is 2.18 bits per heavy atom. The van der Waals surface area contributed by atoms with Gasteiger partial charge in [-0.25, -0.2) is 0 Å². The van der Waals surface area contributed by atoms with E-state index in [1.165, 1.54) is 11.3 Å². The van der Waals surface area contributed by atoms with E-state index in [0.717, 1.165) is 22.9 Å². The van der Waals surface area contributed by atoms with E-state index >= 15 is 0 Å². The molecule has 0 aromatic carbocycles. The van der Waals surface area contributed by atoms with Gasteiger partial charge < -0.3 is 5.11 Å². The number of carbonyl (C=O) groups is 1. The Labute approximate surface area is 129 Å². The number of aliphatic hydroxyl groups excluding tert-OH is 1. The molecule has 0 unspecified atom stereocenters. The third-order valence-electron chi connectivity index (χ3n) is 2.91. The number of aromatic nitrogens is 5. The van der Waals surface area contributed by atoms with Gasteiger partial charge in [-0.15, -0.1) is 21.5 Å². The number of hydrogen-bond donors (Lipinski definition) is 2. The fraction of sp³-hybridized carbons (Fsp3) is 0.0714. The summed E-state index contributed by atoms with van der Waals surface area (Å²) in [6, 6.07) is 5.73. The minimum Gasteiger partial charge on any atom is -0.507 e. The summed E-state index contributed by atoms with van der Waals surface area (Å²) in [6.45, 7) is 0. The van der Waals surface area contributed by atoms with Crippen LogP contribution in [0.1, 0.15) is 26.6 Å². The summed E-state index contributed by atoms with van der Waals surface area (Å²) in [5, 5.41) is 24.4. The SMILES string of the molecule is O=C(C=C(O)c1csc(Cc2ccncc2)c1)c1nn[nH]n1. The molecule has 110 valence electrons. The summed E-state index contributed by atoms with van der Waals surface area (Å²) in [5.41, 5.74) is 1.72. The van der Waals surface area contributed by atoms with Gasteiger partial charge in [0.25, 0.3) is 0 Å². The number of tetrazole rings is 1. The van der Waals surface area contributed by atoms with Crippen LogP contribution in [0.15, 0.2) is 42.0 Å². The zero-order valence-electron chi connectivity index (χ0n) is 11.3. The lowest BCUT2D eigenvalue weighted by Gasteiger charge is -1.97. The Hall–Kier alpha value is -2.87. The highest BCUT2D eigenvalue weighted by molar-refractivity contribution is 7.10. The maximum absolute atomic E-state index is 11.8. The molecular weight excluding hydrogens is 302 g/mol. The summed E-state index contributed by atoms with van der Waals surface area (Å²) in [6.07, 6.45) is 5.32. The van der Waals surface area contributed by atoms with Crippen molar-refractivity contribution in [1.82, 2.24) is 25.6 Å². The number of nitrogens with one attached hydrogen (secondary N) is 1. The highest BCUT2D eigenvalue weighted by atomic mass is 32.1. The molecule has 7 nitrogen and oxygen atoms in total. The molecule has 0 aliphatic carbocycles. The van der Waals surface area contributed by atoms with Crippen LogP contribution in [0.25, 0.3) is 5.76 Å². The predicted molar refractivity (Wildman–Crippen MR) is 80.5 cm³/mol. The summed E-state index contributed by atoms with van der Waals surface area (Å²) in [7, 11) is 0. The molecule has 3 heterocycles. The van der Waals surface area contributed by atoms with Crippen LogP contribution >= 0.6 is 11.3 Å². The second-order valence-electron chi connectivity index (χ2n) is 4.46. The molecule has 3 aromatic rings. The van der Waals surface area contributed by atoms with Crippen molar-refractivity contribution in [3.8, 4) is 0 Å². The first kappa shape index (κ1) is 14.1. The van der Waals surface area contributed by atoms with Gasteiger partial charge in [0.15, 0.2) is 0 Å². The number of hydrogen-bond acceptors (Lipinski definition) is 7. The molecule has 0 saturated heterocycles. The van der Waals surface area contributed by atoms with Crippen LogP contribution in [0, 0.1) is 0 Å². The van der Waals surface area contributed by atoms with Gasteiger partial charge in [0.2, 0.25) is 11.6 Å². The number of ketones is 1. The van der Waals surface area contributed by atoms with E-state index < -0.39 is 5.78 Å². The van der Waals surface area contributed by atoms with Crippen LogP contribution < -0.4 is 0 Å². The molecule has 0 aliphatic heterocycles. The van der Waals surface area contributed by atoms with Gasteiger partial charge in [0, 0.05) is 40.7 Å². The van der Waals surface area contributed by atoms with E-state index in [4.69, 9.17) is 0 Å². The highest BCUT2D eigenvalue weighted by Crippen LogP contribution is 2.23. The first-order valence-corrected chi connectivity index (χ1v) is 7.25. The Morgan fingerprint density at radius 3 is 2.91 bits per heavy atom. The van der Waals surface area contributed by atoms with Crippen molar-refractivity contribution in [3.63, 3.8) is 0 Å². The van der Waals surface area contributed by atoms with Gasteiger partial charge in [0.1, 0.15) is 5.76 Å². The van der Waals surface area contributed by atoms with Crippen LogP contribution in [0.4, 0.5) is 0 Å². The number of pyridine rings is 1. The largest absolute Gasteiger partial charge is 0.507 e. The number of allylic oxidation sites excluding steroid dienone is 1. The highest BCUT2D eigenvalue weighted by Gasteiger charge is 2.11. The molecular formula is C14H11N5O2S. The number of carbonyl (C=O) groups excluding carboxylic acids is 1.